The van der Waals surface area contributed by atoms with E-state index >= 15 is 0 Å². The van der Waals surface area contributed by atoms with Crippen molar-refractivity contribution in [3.63, 3.8) is 0 Å². The van der Waals surface area contributed by atoms with Gasteiger partial charge in [-0.1, -0.05) is 24.3 Å². The maximum Gasteiger partial charge on any atom is 0.323 e. The molecule has 0 spiro atoms. The van der Waals surface area contributed by atoms with Gasteiger partial charge < -0.3 is 15.8 Å². The molecule has 20 heavy (non-hydrogen) atoms. The number of rotatable bonds is 5. The van der Waals surface area contributed by atoms with Crippen molar-refractivity contribution in [2.24, 2.45) is 0 Å². The maximum atomic E-state index is 5.65. The number of aromatic nitrogens is 3. The first-order valence-electron chi connectivity index (χ1n) is 6.56. The Kier molecular flexibility index (Phi) is 4.34. The third-order valence-corrected chi connectivity index (χ3v) is 2.91. The Hall–Kier alpha value is -2.37. The number of hydrogen-bond acceptors (Lipinski definition) is 6. The van der Waals surface area contributed by atoms with E-state index in [0.717, 1.165) is 0 Å². The molecule has 6 heteroatoms. The van der Waals surface area contributed by atoms with Gasteiger partial charge in [-0.25, -0.2) is 0 Å². The summed E-state index contributed by atoms with van der Waals surface area (Å²) in [6.45, 7) is 6.46. The second-order valence-corrected chi connectivity index (χ2v) is 4.46. The Bertz CT molecular complexity index is 588. The van der Waals surface area contributed by atoms with Gasteiger partial charge in [-0.2, -0.15) is 15.0 Å². The first-order chi connectivity index (χ1) is 9.60. The highest BCUT2D eigenvalue weighted by molar-refractivity contribution is 5.38. The number of aryl methyl sites for hydroxylation is 1. The molecule has 0 amide bonds. The van der Waals surface area contributed by atoms with E-state index in [-0.39, 0.29) is 18.0 Å². The molecule has 2 aromatic rings. The lowest BCUT2D eigenvalue weighted by molar-refractivity contribution is 0.312. The summed E-state index contributed by atoms with van der Waals surface area (Å²) in [4.78, 5) is 12.2. The first kappa shape index (κ1) is 14.0. The molecule has 0 radical (unpaired) electrons. The van der Waals surface area contributed by atoms with Gasteiger partial charge in [0.1, 0.15) is 0 Å². The Labute approximate surface area is 118 Å². The third kappa shape index (κ3) is 3.34. The summed E-state index contributed by atoms with van der Waals surface area (Å²) < 4.78 is 5.26. The molecule has 106 valence electrons. The quantitative estimate of drug-likeness (QED) is 0.869. The number of nitrogens with two attached hydrogens (primary N) is 1. The van der Waals surface area contributed by atoms with Crippen LogP contribution in [0.1, 0.15) is 31.0 Å². The summed E-state index contributed by atoms with van der Waals surface area (Å²) in [7, 11) is 0. The number of anilines is 2. The summed E-state index contributed by atoms with van der Waals surface area (Å²) >= 11 is 0. The van der Waals surface area contributed by atoms with E-state index in [2.05, 4.69) is 39.3 Å². The largest absolute Gasteiger partial charge is 0.464 e. The second kappa shape index (κ2) is 6.18. The van der Waals surface area contributed by atoms with Crippen molar-refractivity contribution < 1.29 is 4.74 Å². The van der Waals surface area contributed by atoms with Crippen LogP contribution in [0.15, 0.2) is 24.3 Å². The monoisotopic (exact) mass is 273 g/mol. The van der Waals surface area contributed by atoms with Crippen molar-refractivity contribution in [2.75, 3.05) is 17.7 Å². The molecule has 1 atom stereocenters. The highest BCUT2D eigenvalue weighted by atomic mass is 16.5. The molecule has 1 unspecified atom stereocenters. The number of ether oxygens (including phenoxy) is 1. The molecule has 0 saturated heterocycles. The van der Waals surface area contributed by atoms with Crippen LogP contribution in [0.5, 0.6) is 6.01 Å². The van der Waals surface area contributed by atoms with Crippen LogP contribution in [-0.4, -0.2) is 21.6 Å². The predicted molar refractivity (Wildman–Crippen MR) is 78.6 cm³/mol. The van der Waals surface area contributed by atoms with E-state index < -0.39 is 0 Å². The maximum absolute atomic E-state index is 5.65. The molecule has 2 rings (SSSR count). The number of benzene rings is 1. The Morgan fingerprint density at radius 3 is 2.70 bits per heavy atom. The van der Waals surface area contributed by atoms with Crippen LogP contribution in [0.25, 0.3) is 0 Å². The predicted octanol–water partition coefficient (Wildman–Crippen LogP) is 2.33. The summed E-state index contributed by atoms with van der Waals surface area (Å²) in [5.74, 6) is 0.555. The minimum atomic E-state index is 0.0625. The Morgan fingerprint density at radius 2 is 2.00 bits per heavy atom. The van der Waals surface area contributed by atoms with E-state index in [9.17, 15) is 0 Å². The second-order valence-electron chi connectivity index (χ2n) is 4.46. The minimum Gasteiger partial charge on any atom is -0.464 e. The van der Waals surface area contributed by atoms with E-state index in [1.54, 1.807) is 0 Å². The third-order valence-electron chi connectivity index (χ3n) is 2.91. The van der Waals surface area contributed by atoms with Gasteiger partial charge in [0.25, 0.3) is 0 Å². The van der Waals surface area contributed by atoms with Crippen molar-refractivity contribution in [3.05, 3.63) is 35.4 Å². The standard InChI is InChI=1S/C14H19N5O/c1-4-20-14-18-12(15)17-13(19-14)16-10(3)11-8-6-5-7-9(11)2/h5-8,10H,4H2,1-3H3,(H3,15,16,17,18,19). The molecule has 0 aliphatic carbocycles. The van der Waals surface area contributed by atoms with Crippen molar-refractivity contribution in [3.8, 4) is 6.01 Å². The number of hydrogen-bond donors (Lipinski definition) is 2. The molecule has 0 aliphatic heterocycles. The van der Waals surface area contributed by atoms with Gasteiger partial charge in [-0.15, -0.1) is 0 Å². The Balaban J connectivity index is 2.19. The molecule has 0 bridgehead atoms. The molecular weight excluding hydrogens is 254 g/mol. The van der Waals surface area contributed by atoms with Crippen molar-refractivity contribution in [1.29, 1.82) is 0 Å². The van der Waals surface area contributed by atoms with Crippen molar-refractivity contribution in [1.82, 2.24) is 15.0 Å². The normalized spacial score (nSPS) is 11.9. The van der Waals surface area contributed by atoms with Gasteiger partial charge in [-0.3, -0.25) is 0 Å². The molecule has 0 fully saturated rings. The first-order valence-corrected chi connectivity index (χ1v) is 6.56. The lowest BCUT2D eigenvalue weighted by Gasteiger charge is -2.16. The summed E-state index contributed by atoms with van der Waals surface area (Å²) in [6, 6.07) is 8.46. The average molecular weight is 273 g/mol. The van der Waals surface area contributed by atoms with Crippen molar-refractivity contribution in [2.45, 2.75) is 26.8 Å². The molecule has 1 aromatic carbocycles. The van der Waals surface area contributed by atoms with Crippen LogP contribution in [0.4, 0.5) is 11.9 Å². The molecule has 0 saturated carbocycles. The minimum absolute atomic E-state index is 0.0625. The lowest BCUT2D eigenvalue weighted by atomic mass is 10.0. The van der Waals surface area contributed by atoms with Gasteiger partial charge in [0.15, 0.2) is 0 Å². The molecular formula is C14H19N5O. The van der Waals surface area contributed by atoms with Crippen molar-refractivity contribution >= 4 is 11.9 Å². The zero-order chi connectivity index (χ0) is 14.5. The molecule has 0 aliphatic rings. The van der Waals surface area contributed by atoms with Crippen LogP contribution in [-0.2, 0) is 0 Å². The van der Waals surface area contributed by atoms with Gasteiger partial charge in [-0.05, 0) is 31.9 Å². The van der Waals surface area contributed by atoms with Gasteiger partial charge in [0.05, 0.1) is 12.6 Å². The van der Waals surface area contributed by atoms with Crippen LogP contribution in [0.3, 0.4) is 0 Å². The van der Waals surface area contributed by atoms with Crippen LogP contribution < -0.4 is 15.8 Å². The zero-order valence-electron chi connectivity index (χ0n) is 11.9. The van der Waals surface area contributed by atoms with E-state index in [0.29, 0.717) is 12.6 Å². The summed E-state index contributed by atoms with van der Waals surface area (Å²) in [5.41, 5.74) is 8.04. The number of nitrogen functional groups attached to an aromatic ring is 1. The topological polar surface area (TPSA) is 86.0 Å². The van der Waals surface area contributed by atoms with Crippen LogP contribution in [0, 0.1) is 6.92 Å². The highest BCUT2D eigenvalue weighted by Crippen LogP contribution is 2.21. The number of nitrogens with zero attached hydrogens (tertiary/aromatic N) is 3. The van der Waals surface area contributed by atoms with Crippen LogP contribution >= 0.6 is 0 Å². The van der Waals surface area contributed by atoms with Gasteiger partial charge >= 0.3 is 6.01 Å². The lowest BCUT2D eigenvalue weighted by Crippen LogP contribution is -2.13. The SMILES string of the molecule is CCOc1nc(N)nc(NC(C)c2ccccc2C)n1. The molecule has 1 aromatic heterocycles. The summed E-state index contributed by atoms with van der Waals surface area (Å²) in [5, 5.41) is 3.22. The fraction of sp³-hybridized carbons (Fsp3) is 0.357. The van der Waals surface area contributed by atoms with E-state index in [1.807, 2.05) is 26.0 Å². The van der Waals surface area contributed by atoms with Gasteiger partial charge in [0.2, 0.25) is 11.9 Å². The van der Waals surface area contributed by atoms with Gasteiger partial charge in [0, 0.05) is 0 Å². The fourth-order valence-corrected chi connectivity index (χ4v) is 1.97. The summed E-state index contributed by atoms with van der Waals surface area (Å²) in [6.07, 6.45) is 0. The smallest absolute Gasteiger partial charge is 0.323 e. The van der Waals surface area contributed by atoms with E-state index in [4.69, 9.17) is 10.5 Å². The zero-order valence-corrected chi connectivity index (χ0v) is 11.9. The fourth-order valence-electron chi connectivity index (χ4n) is 1.97. The molecule has 1 heterocycles. The van der Waals surface area contributed by atoms with Crippen LogP contribution in [0.2, 0.25) is 0 Å². The molecule has 6 nitrogen and oxygen atoms in total. The average Bonchev–Trinajstić information content (AvgIpc) is 2.38. The highest BCUT2D eigenvalue weighted by Gasteiger charge is 2.11. The van der Waals surface area contributed by atoms with E-state index in [1.165, 1.54) is 11.1 Å². The molecule has 3 N–H and O–H groups in total. The Morgan fingerprint density at radius 1 is 1.25 bits per heavy atom. The number of nitrogens with one attached hydrogen (secondary N) is 1.